The number of nitrogens with zero attached hydrogens (tertiary/aromatic N) is 2. The molecule has 114 valence electrons. The first kappa shape index (κ1) is 16.9. The zero-order valence-electron chi connectivity index (χ0n) is 10.9. The Balaban J connectivity index is 0.00000220. The zero-order valence-corrected chi connectivity index (χ0v) is 11.7. The van der Waals surface area contributed by atoms with Crippen molar-refractivity contribution in [2.45, 2.75) is 13.2 Å². The van der Waals surface area contributed by atoms with Crippen LogP contribution in [0.2, 0.25) is 0 Å². The average Bonchev–Trinajstić information content (AvgIpc) is 2.90. The number of carbonyl (C=O) groups excluding carboxylic acids is 1. The third-order valence-electron chi connectivity index (χ3n) is 2.30. The molecule has 2 rings (SSSR count). The molecule has 0 aliphatic heterocycles. The van der Waals surface area contributed by atoms with Crippen LogP contribution in [0, 0.1) is 5.82 Å². The molecule has 1 amide bonds. The van der Waals surface area contributed by atoms with Crippen molar-refractivity contribution in [3.05, 3.63) is 41.8 Å². The van der Waals surface area contributed by atoms with Gasteiger partial charge in [-0.2, -0.15) is 4.98 Å². The van der Waals surface area contributed by atoms with Gasteiger partial charge in [0.1, 0.15) is 11.6 Å². The highest BCUT2D eigenvalue weighted by molar-refractivity contribution is 5.85. The highest BCUT2D eigenvalue weighted by Crippen LogP contribution is 2.13. The number of carbonyl (C=O) groups is 1. The van der Waals surface area contributed by atoms with Crippen molar-refractivity contribution < 1.29 is 18.4 Å². The summed E-state index contributed by atoms with van der Waals surface area (Å²) >= 11 is 0. The third kappa shape index (κ3) is 5.36. The normalized spacial score (nSPS) is 9.81. The highest BCUT2D eigenvalue weighted by Gasteiger charge is 2.08. The van der Waals surface area contributed by atoms with Crippen LogP contribution < -0.4 is 15.8 Å². The van der Waals surface area contributed by atoms with Crippen LogP contribution in [0.25, 0.3) is 0 Å². The summed E-state index contributed by atoms with van der Waals surface area (Å²) in [7, 11) is 0. The van der Waals surface area contributed by atoms with Crippen LogP contribution >= 0.6 is 12.4 Å². The molecule has 0 unspecified atom stereocenters. The van der Waals surface area contributed by atoms with Gasteiger partial charge in [-0.15, -0.1) is 12.4 Å². The quantitative estimate of drug-likeness (QED) is 0.816. The van der Waals surface area contributed by atoms with Gasteiger partial charge in [-0.25, -0.2) is 4.39 Å². The summed E-state index contributed by atoms with van der Waals surface area (Å²) in [6.45, 7) is 0.0322. The number of aromatic nitrogens is 2. The van der Waals surface area contributed by atoms with Crippen molar-refractivity contribution in [1.29, 1.82) is 0 Å². The SMILES string of the molecule is Cl.NCC(=O)NCc1nc(COc2cccc(F)c2)no1. The second-order valence-corrected chi connectivity index (χ2v) is 3.83. The van der Waals surface area contributed by atoms with Gasteiger partial charge in [-0.1, -0.05) is 11.2 Å². The second kappa shape index (κ2) is 8.18. The lowest BCUT2D eigenvalue weighted by molar-refractivity contribution is -0.120. The van der Waals surface area contributed by atoms with Crippen LogP contribution in [-0.4, -0.2) is 22.6 Å². The van der Waals surface area contributed by atoms with Crippen molar-refractivity contribution in [2.75, 3.05) is 6.54 Å². The van der Waals surface area contributed by atoms with Crippen molar-refractivity contribution >= 4 is 18.3 Å². The van der Waals surface area contributed by atoms with Gasteiger partial charge in [0, 0.05) is 6.07 Å². The smallest absolute Gasteiger partial charge is 0.246 e. The van der Waals surface area contributed by atoms with E-state index in [1.54, 1.807) is 6.07 Å². The Morgan fingerprint density at radius 1 is 1.48 bits per heavy atom. The lowest BCUT2D eigenvalue weighted by Gasteiger charge is -2.02. The molecular weight excluding hydrogens is 303 g/mol. The Morgan fingerprint density at radius 2 is 2.29 bits per heavy atom. The van der Waals surface area contributed by atoms with Gasteiger partial charge >= 0.3 is 0 Å². The van der Waals surface area contributed by atoms with E-state index in [1.807, 2.05) is 0 Å². The van der Waals surface area contributed by atoms with E-state index < -0.39 is 0 Å². The van der Waals surface area contributed by atoms with E-state index in [0.717, 1.165) is 0 Å². The predicted molar refractivity (Wildman–Crippen MR) is 73.2 cm³/mol. The molecule has 0 radical (unpaired) electrons. The van der Waals surface area contributed by atoms with Gasteiger partial charge in [-0.3, -0.25) is 4.79 Å². The molecule has 1 heterocycles. The topological polar surface area (TPSA) is 103 Å². The van der Waals surface area contributed by atoms with Gasteiger partial charge in [-0.05, 0) is 12.1 Å². The highest BCUT2D eigenvalue weighted by atomic mass is 35.5. The van der Waals surface area contributed by atoms with Gasteiger partial charge in [0.25, 0.3) is 0 Å². The fraction of sp³-hybridized carbons (Fsp3) is 0.250. The summed E-state index contributed by atoms with van der Waals surface area (Å²) in [5, 5.41) is 6.16. The van der Waals surface area contributed by atoms with Crippen LogP contribution in [-0.2, 0) is 17.9 Å². The molecule has 0 aliphatic carbocycles. The van der Waals surface area contributed by atoms with E-state index in [9.17, 15) is 9.18 Å². The van der Waals surface area contributed by atoms with Gasteiger partial charge < -0.3 is 20.3 Å². The monoisotopic (exact) mass is 316 g/mol. The summed E-state index contributed by atoms with van der Waals surface area (Å²) < 4.78 is 23.1. The molecule has 7 nitrogen and oxygen atoms in total. The number of hydrogen-bond donors (Lipinski definition) is 2. The maximum Gasteiger partial charge on any atom is 0.246 e. The first-order valence-corrected chi connectivity index (χ1v) is 5.84. The molecule has 2 aromatic rings. The molecule has 0 saturated carbocycles. The van der Waals surface area contributed by atoms with Gasteiger partial charge in [0.15, 0.2) is 6.61 Å². The van der Waals surface area contributed by atoms with E-state index in [0.29, 0.717) is 11.6 Å². The molecular formula is C12H14ClFN4O3. The third-order valence-corrected chi connectivity index (χ3v) is 2.30. The number of hydrogen-bond acceptors (Lipinski definition) is 6. The van der Waals surface area contributed by atoms with E-state index in [-0.39, 0.29) is 49.7 Å². The number of nitrogens with one attached hydrogen (secondary N) is 1. The molecule has 0 atom stereocenters. The molecule has 0 aliphatic rings. The first-order chi connectivity index (χ1) is 9.67. The number of benzene rings is 1. The molecule has 0 fully saturated rings. The molecule has 21 heavy (non-hydrogen) atoms. The van der Waals surface area contributed by atoms with E-state index in [2.05, 4.69) is 15.5 Å². The van der Waals surface area contributed by atoms with Crippen LogP contribution in [0.5, 0.6) is 5.75 Å². The lowest BCUT2D eigenvalue weighted by atomic mass is 10.3. The van der Waals surface area contributed by atoms with Crippen molar-refractivity contribution in [1.82, 2.24) is 15.5 Å². The second-order valence-electron chi connectivity index (χ2n) is 3.83. The van der Waals surface area contributed by atoms with Crippen LogP contribution in [0.15, 0.2) is 28.8 Å². The fourth-order valence-electron chi connectivity index (χ4n) is 1.37. The molecule has 9 heteroatoms. The van der Waals surface area contributed by atoms with Crippen LogP contribution in [0.1, 0.15) is 11.7 Å². The first-order valence-electron chi connectivity index (χ1n) is 5.84. The Kier molecular flexibility index (Phi) is 6.57. The minimum absolute atomic E-state index is 0. The largest absolute Gasteiger partial charge is 0.485 e. The summed E-state index contributed by atoms with van der Waals surface area (Å²) in [4.78, 5) is 15.0. The van der Waals surface area contributed by atoms with E-state index >= 15 is 0 Å². The van der Waals surface area contributed by atoms with Crippen LogP contribution in [0.4, 0.5) is 4.39 Å². The Labute approximate surface area is 126 Å². The maximum atomic E-state index is 12.9. The molecule has 0 spiro atoms. The predicted octanol–water partition coefficient (Wildman–Crippen LogP) is 0.784. The number of ether oxygens (including phenoxy) is 1. The van der Waals surface area contributed by atoms with Crippen molar-refractivity contribution in [3.63, 3.8) is 0 Å². The van der Waals surface area contributed by atoms with E-state index in [1.165, 1.54) is 18.2 Å². The van der Waals surface area contributed by atoms with Crippen LogP contribution in [0.3, 0.4) is 0 Å². The van der Waals surface area contributed by atoms with E-state index in [4.69, 9.17) is 15.0 Å². The minimum atomic E-state index is -0.388. The zero-order chi connectivity index (χ0) is 14.4. The van der Waals surface area contributed by atoms with Gasteiger partial charge in [0.05, 0.1) is 13.1 Å². The summed E-state index contributed by atoms with van der Waals surface area (Å²) in [5.74, 6) is 0.199. The summed E-state index contributed by atoms with van der Waals surface area (Å²) in [6.07, 6.45) is 0. The minimum Gasteiger partial charge on any atom is -0.485 e. The molecule has 0 bridgehead atoms. The lowest BCUT2D eigenvalue weighted by Crippen LogP contribution is -2.29. The number of amides is 1. The Morgan fingerprint density at radius 3 is 3.00 bits per heavy atom. The standard InChI is InChI=1S/C12H13FN4O3.ClH/c13-8-2-1-3-9(4-8)19-7-10-16-12(20-17-10)6-15-11(18)5-14;/h1-4H,5-7,14H2,(H,15,18);1H. The Hall–Kier alpha value is -2.19. The molecule has 3 N–H and O–H groups in total. The van der Waals surface area contributed by atoms with Crippen molar-refractivity contribution in [2.24, 2.45) is 5.73 Å². The fourth-order valence-corrected chi connectivity index (χ4v) is 1.37. The summed E-state index contributed by atoms with van der Waals surface area (Å²) in [5.41, 5.74) is 5.14. The average molecular weight is 317 g/mol. The summed E-state index contributed by atoms with van der Waals surface area (Å²) in [6, 6.07) is 5.72. The maximum absolute atomic E-state index is 12.9. The number of halogens is 2. The number of nitrogens with two attached hydrogens (primary N) is 1. The number of rotatable bonds is 6. The van der Waals surface area contributed by atoms with Crippen molar-refractivity contribution in [3.8, 4) is 5.75 Å². The molecule has 0 saturated heterocycles. The Bertz CT molecular complexity index is 593. The molecule has 1 aromatic heterocycles. The van der Waals surface area contributed by atoms with Gasteiger partial charge in [0.2, 0.25) is 17.6 Å². The molecule has 1 aromatic carbocycles.